The summed E-state index contributed by atoms with van der Waals surface area (Å²) >= 11 is 0. The summed E-state index contributed by atoms with van der Waals surface area (Å²) in [7, 11) is 0. The molecule has 0 unspecified atom stereocenters. The van der Waals surface area contributed by atoms with Crippen LogP contribution in [0.3, 0.4) is 0 Å². The van der Waals surface area contributed by atoms with E-state index in [1.54, 1.807) is 24.3 Å². The average molecular weight is 343 g/mol. The minimum absolute atomic E-state index is 0.0580. The van der Waals surface area contributed by atoms with Crippen LogP contribution in [0.25, 0.3) is 11.1 Å². The second-order valence-corrected chi connectivity index (χ2v) is 5.61. The minimum atomic E-state index is -4.45. The molecule has 3 rings (SSSR count). The van der Waals surface area contributed by atoms with Gasteiger partial charge < -0.3 is 10.5 Å². The molecule has 2 nitrogen and oxygen atoms in total. The molecular weight excluding hydrogens is 327 g/mol. The van der Waals surface area contributed by atoms with Gasteiger partial charge in [0.25, 0.3) is 0 Å². The summed E-state index contributed by atoms with van der Waals surface area (Å²) in [5.74, 6) is 0.505. The lowest BCUT2D eigenvalue weighted by Gasteiger charge is -2.14. The highest BCUT2D eigenvalue weighted by Crippen LogP contribution is 2.37. The number of ether oxygens (including phenoxy) is 1. The lowest BCUT2D eigenvalue weighted by molar-refractivity contribution is -0.137. The van der Waals surface area contributed by atoms with Crippen molar-refractivity contribution in [1.82, 2.24) is 0 Å². The van der Waals surface area contributed by atoms with Gasteiger partial charge in [-0.1, -0.05) is 48.5 Å². The third kappa shape index (κ3) is 4.12. The van der Waals surface area contributed by atoms with Gasteiger partial charge in [-0.25, -0.2) is 0 Å². The molecule has 0 radical (unpaired) electrons. The van der Waals surface area contributed by atoms with Crippen molar-refractivity contribution in [3.63, 3.8) is 0 Å². The smallest absolute Gasteiger partial charge is 0.416 e. The first kappa shape index (κ1) is 16.9. The van der Waals surface area contributed by atoms with E-state index in [0.717, 1.165) is 17.7 Å². The Morgan fingerprint density at radius 1 is 0.840 bits per heavy atom. The molecule has 25 heavy (non-hydrogen) atoms. The summed E-state index contributed by atoms with van der Waals surface area (Å²) in [6, 6.07) is 20.1. The van der Waals surface area contributed by atoms with E-state index in [1.807, 2.05) is 30.3 Å². The zero-order chi connectivity index (χ0) is 17.9. The first-order chi connectivity index (χ1) is 11.9. The molecule has 0 fully saturated rings. The number of hydrogen-bond acceptors (Lipinski definition) is 2. The zero-order valence-electron chi connectivity index (χ0n) is 13.3. The van der Waals surface area contributed by atoms with Gasteiger partial charge in [-0.2, -0.15) is 13.2 Å². The van der Waals surface area contributed by atoms with E-state index in [4.69, 9.17) is 10.5 Å². The number of nitrogens with two attached hydrogens (primary N) is 1. The Labute approximate surface area is 143 Å². The van der Waals surface area contributed by atoms with E-state index in [0.29, 0.717) is 23.5 Å². The maximum Gasteiger partial charge on any atom is 0.416 e. The molecule has 0 saturated heterocycles. The Kier molecular flexibility index (Phi) is 4.65. The van der Waals surface area contributed by atoms with Crippen LogP contribution in [0.4, 0.5) is 18.9 Å². The first-order valence-electron chi connectivity index (χ1n) is 7.67. The SMILES string of the molecule is Nc1cc(-c2ccccc2OCc2ccccc2)cc(C(F)(F)F)c1. The van der Waals surface area contributed by atoms with Gasteiger partial charge in [-0.15, -0.1) is 0 Å². The molecule has 0 aliphatic carbocycles. The Balaban J connectivity index is 1.94. The summed E-state index contributed by atoms with van der Waals surface area (Å²) in [5, 5.41) is 0. The van der Waals surface area contributed by atoms with Gasteiger partial charge in [0.1, 0.15) is 12.4 Å². The number of nitrogen functional groups attached to an aromatic ring is 1. The van der Waals surface area contributed by atoms with Crippen molar-refractivity contribution < 1.29 is 17.9 Å². The monoisotopic (exact) mass is 343 g/mol. The second-order valence-electron chi connectivity index (χ2n) is 5.61. The van der Waals surface area contributed by atoms with E-state index in [9.17, 15) is 13.2 Å². The minimum Gasteiger partial charge on any atom is -0.488 e. The molecule has 3 aromatic carbocycles. The fourth-order valence-corrected chi connectivity index (χ4v) is 2.54. The molecule has 5 heteroatoms. The molecular formula is C20H16F3NO. The Hall–Kier alpha value is -2.95. The Morgan fingerprint density at radius 3 is 2.24 bits per heavy atom. The van der Waals surface area contributed by atoms with Crippen LogP contribution in [0.2, 0.25) is 0 Å². The number of anilines is 1. The predicted molar refractivity (Wildman–Crippen MR) is 92.1 cm³/mol. The molecule has 3 aromatic rings. The topological polar surface area (TPSA) is 35.2 Å². The van der Waals surface area contributed by atoms with Gasteiger partial charge in [0, 0.05) is 11.3 Å². The van der Waals surface area contributed by atoms with Gasteiger partial charge in [0.15, 0.2) is 0 Å². The van der Waals surface area contributed by atoms with Crippen LogP contribution in [-0.2, 0) is 12.8 Å². The van der Waals surface area contributed by atoms with Crippen LogP contribution in [0, 0.1) is 0 Å². The maximum absolute atomic E-state index is 13.0. The van der Waals surface area contributed by atoms with E-state index >= 15 is 0 Å². The number of benzene rings is 3. The number of halogens is 3. The van der Waals surface area contributed by atoms with Crippen molar-refractivity contribution in [1.29, 1.82) is 0 Å². The van der Waals surface area contributed by atoms with Gasteiger partial charge in [0.05, 0.1) is 5.56 Å². The summed E-state index contributed by atoms with van der Waals surface area (Å²) in [5.41, 5.74) is 6.86. The van der Waals surface area contributed by atoms with Crippen LogP contribution in [0.15, 0.2) is 72.8 Å². The molecule has 0 aromatic heterocycles. The zero-order valence-corrected chi connectivity index (χ0v) is 13.3. The largest absolute Gasteiger partial charge is 0.488 e. The fourth-order valence-electron chi connectivity index (χ4n) is 2.54. The molecule has 0 aliphatic heterocycles. The maximum atomic E-state index is 13.0. The third-order valence-corrected chi connectivity index (χ3v) is 3.72. The van der Waals surface area contributed by atoms with Crippen LogP contribution in [0.5, 0.6) is 5.75 Å². The van der Waals surface area contributed by atoms with Crippen molar-refractivity contribution in [2.45, 2.75) is 12.8 Å². The fraction of sp³-hybridized carbons (Fsp3) is 0.100. The number of alkyl halides is 3. The second kappa shape index (κ2) is 6.89. The van der Waals surface area contributed by atoms with Crippen LogP contribution in [0.1, 0.15) is 11.1 Å². The number of rotatable bonds is 4. The molecule has 0 heterocycles. The van der Waals surface area contributed by atoms with E-state index < -0.39 is 11.7 Å². The van der Waals surface area contributed by atoms with Crippen LogP contribution >= 0.6 is 0 Å². The molecule has 0 amide bonds. The molecule has 0 spiro atoms. The summed E-state index contributed by atoms with van der Waals surface area (Å²) in [6.45, 7) is 0.326. The van der Waals surface area contributed by atoms with Gasteiger partial charge >= 0.3 is 6.18 Å². The summed E-state index contributed by atoms with van der Waals surface area (Å²) in [4.78, 5) is 0. The molecule has 0 aliphatic rings. The van der Waals surface area contributed by atoms with Crippen molar-refractivity contribution in [2.75, 3.05) is 5.73 Å². The summed E-state index contributed by atoms with van der Waals surface area (Å²) in [6.07, 6.45) is -4.45. The van der Waals surface area contributed by atoms with Gasteiger partial charge in [-0.05, 0) is 35.4 Å². The van der Waals surface area contributed by atoms with Crippen molar-refractivity contribution >= 4 is 5.69 Å². The van der Waals surface area contributed by atoms with Crippen molar-refractivity contribution in [3.8, 4) is 16.9 Å². The highest BCUT2D eigenvalue weighted by atomic mass is 19.4. The standard InChI is InChI=1S/C20H16F3NO/c21-20(22,23)16-10-15(11-17(24)12-16)18-8-4-5-9-19(18)25-13-14-6-2-1-3-7-14/h1-12H,13,24H2. The molecule has 0 saturated carbocycles. The highest BCUT2D eigenvalue weighted by molar-refractivity contribution is 5.74. The van der Waals surface area contributed by atoms with Crippen LogP contribution < -0.4 is 10.5 Å². The quantitative estimate of drug-likeness (QED) is 0.632. The molecule has 0 bridgehead atoms. The highest BCUT2D eigenvalue weighted by Gasteiger charge is 2.31. The Bertz CT molecular complexity index is 860. The lowest BCUT2D eigenvalue weighted by atomic mass is 10.0. The van der Waals surface area contributed by atoms with Gasteiger partial charge in [-0.3, -0.25) is 0 Å². The van der Waals surface area contributed by atoms with Crippen molar-refractivity contribution in [3.05, 3.63) is 83.9 Å². The van der Waals surface area contributed by atoms with E-state index in [2.05, 4.69) is 0 Å². The third-order valence-electron chi connectivity index (χ3n) is 3.72. The average Bonchev–Trinajstić information content (AvgIpc) is 2.60. The Morgan fingerprint density at radius 2 is 1.52 bits per heavy atom. The van der Waals surface area contributed by atoms with E-state index in [-0.39, 0.29) is 5.69 Å². The first-order valence-corrected chi connectivity index (χ1v) is 7.67. The van der Waals surface area contributed by atoms with Crippen molar-refractivity contribution in [2.24, 2.45) is 0 Å². The molecule has 2 N–H and O–H groups in total. The van der Waals surface area contributed by atoms with Gasteiger partial charge in [0.2, 0.25) is 0 Å². The molecule has 0 atom stereocenters. The van der Waals surface area contributed by atoms with E-state index in [1.165, 1.54) is 6.07 Å². The predicted octanol–water partition coefficient (Wildman–Crippen LogP) is 5.53. The molecule has 128 valence electrons. The number of hydrogen-bond donors (Lipinski definition) is 1. The normalized spacial score (nSPS) is 11.3. The number of para-hydroxylation sites is 1. The summed E-state index contributed by atoms with van der Waals surface area (Å²) < 4.78 is 45.0. The van der Waals surface area contributed by atoms with Crippen LogP contribution in [-0.4, -0.2) is 0 Å². The lowest BCUT2D eigenvalue weighted by Crippen LogP contribution is -2.06.